The summed E-state index contributed by atoms with van der Waals surface area (Å²) in [4.78, 5) is 9.92. The minimum absolute atomic E-state index is 0.221. The maximum Gasteiger partial charge on any atom is 0.126 e. The second kappa shape index (κ2) is 21.6. The van der Waals surface area contributed by atoms with Gasteiger partial charge in [0.05, 0.1) is 13.2 Å². The van der Waals surface area contributed by atoms with Gasteiger partial charge in [0.15, 0.2) is 0 Å². The van der Waals surface area contributed by atoms with E-state index in [9.17, 15) is 10.2 Å². The molecule has 0 amide bonds. The van der Waals surface area contributed by atoms with Crippen molar-refractivity contribution in [1.29, 1.82) is 0 Å². The molecule has 0 aliphatic heterocycles. The fraction of sp³-hybridized carbons (Fsp3) is 0.480. The number of unbranched alkanes of at least 4 members (excludes halogenated alkanes) is 4. The molecule has 0 saturated heterocycles. The van der Waals surface area contributed by atoms with Crippen molar-refractivity contribution in [3.05, 3.63) is 116 Å². The van der Waals surface area contributed by atoms with Crippen LogP contribution in [0.2, 0.25) is 0 Å². The number of benzene rings is 4. The Morgan fingerprint density at radius 3 is 1.16 bits per heavy atom. The van der Waals surface area contributed by atoms with Gasteiger partial charge in [-0.25, -0.2) is 0 Å². The van der Waals surface area contributed by atoms with E-state index >= 15 is 0 Å². The lowest BCUT2D eigenvalue weighted by Gasteiger charge is -2.21. The van der Waals surface area contributed by atoms with E-state index < -0.39 is 0 Å². The molecular formula is C50H66N2O4. The standard InChI is InChI=1S/C50H66N2O4/c1-7-11-13-17-35(5)51-33-37-25-43-29-39-19-15-21-41(49(39)55-23-9-3)31-45-27-38(34-52-36(6)18-14-12-8-2)28-46(48(45)54)32-42-22-16-20-40(50(42)56-24-10-4)30-44(26-37)47(43)53/h15-16,19-22,25-28,33-36,53-54H,7-14,17-18,23-24,29-32H2,1-6H3/t35-,36-/m1/s1. The normalized spacial score (nSPS) is 14.0. The van der Waals surface area contributed by atoms with Crippen LogP contribution in [0.25, 0.3) is 0 Å². The molecule has 300 valence electrons. The van der Waals surface area contributed by atoms with Crippen LogP contribution in [0.3, 0.4) is 0 Å². The van der Waals surface area contributed by atoms with Gasteiger partial charge in [-0.2, -0.15) is 0 Å². The monoisotopic (exact) mass is 759 g/mol. The smallest absolute Gasteiger partial charge is 0.126 e. The van der Waals surface area contributed by atoms with Crippen LogP contribution in [-0.4, -0.2) is 47.9 Å². The first-order valence-corrected chi connectivity index (χ1v) is 21.5. The number of hydrogen-bond donors (Lipinski definition) is 2. The van der Waals surface area contributed by atoms with Crippen LogP contribution >= 0.6 is 0 Å². The number of phenolic OH excluding ortho intramolecular Hbond substituents is 2. The molecule has 0 heterocycles. The molecule has 5 rings (SSSR count). The van der Waals surface area contributed by atoms with E-state index in [2.05, 4.69) is 102 Å². The number of aliphatic imine (C=N–C) groups is 2. The van der Waals surface area contributed by atoms with Gasteiger partial charge in [0.1, 0.15) is 23.0 Å². The van der Waals surface area contributed by atoms with Gasteiger partial charge < -0.3 is 19.7 Å². The molecule has 6 heteroatoms. The van der Waals surface area contributed by atoms with Gasteiger partial charge in [0.25, 0.3) is 0 Å². The number of para-hydroxylation sites is 2. The Balaban J connectivity index is 1.68. The molecular weight excluding hydrogens is 693 g/mol. The summed E-state index contributed by atoms with van der Waals surface area (Å²) in [6.45, 7) is 14.2. The molecule has 2 N–H and O–H groups in total. The Morgan fingerprint density at radius 2 is 0.857 bits per heavy atom. The molecule has 8 bridgehead atoms. The first-order chi connectivity index (χ1) is 27.2. The summed E-state index contributed by atoms with van der Waals surface area (Å²) in [5.74, 6) is 2.21. The first kappa shape index (κ1) is 42.6. The van der Waals surface area contributed by atoms with Gasteiger partial charge in [-0.3, -0.25) is 9.98 Å². The average molecular weight is 759 g/mol. The summed E-state index contributed by atoms with van der Waals surface area (Å²) in [6.07, 6.45) is 16.9. The zero-order chi connectivity index (χ0) is 39.9. The van der Waals surface area contributed by atoms with Crippen LogP contribution in [0.1, 0.15) is 161 Å². The number of fused-ring (bicyclic) bond motifs is 8. The zero-order valence-electron chi connectivity index (χ0n) is 35.0. The molecule has 0 fully saturated rings. The fourth-order valence-electron chi connectivity index (χ4n) is 7.65. The number of rotatable bonds is 18. The topological polar surface area (TPSA) is 83.6 Å². The highest BCUT2D eigenvalue weighted by Gasteiger charge is 2.21. The van der Waals surface area contributed by atoms with E-state index in [1.54, 1.807) is 0 Å². The summed E-state index contributed by atoms with van der Waals surface area (Å²) in [5.41, 5.74) is 9.27. The fourth-order valence-corrected chi connectivity index (χ4v) is 7.65. The molecule has 2 atom stereocenters. The summed E-state index contributed by atoms with van der Waals surface area (Å²) < 4.78 is 13.1. The van der Waals surface area contributed by atoms with Gasteiger partial charge in [-0.05, 0) is 119 Å². The SMILES string of the molecule is CCCCC[C@@H](C)N=Cc1cc2c(O)c(c1)Cc1cccc(c1OCCC)Cc1cc(C=N[C@H](C)CCCCC)cc(c1O)Cc1cccc(c1OCCC)C2. The van der Waals surface area contributed by atoms with Crippen molar-refractivity contribution in [2.24, 2.45) is 9.98 Å². The van der Waals surface area contributed by atoms with Gasteiger partial charge in [-0.15, -0.1) is 0 Å². The van der Waals surface area contributed by atoms with Crippen molar-refractivity contribution < 1.29 is 19.7 Å². The van der Waals surface area contributed by atoms with Crippen molar-refractivity contribution in [3.63, 3.8) is 0 Å². The molecule has 0 aromatic heterocycles. The maximum absolute atomic E-state index is 12.0. The van der Waals surface area contributed by atoms with Crippen LogP contribution < -0.4 is 9.47 Å². The molecule has 56 heavy (non-hydrogen) atoms. The van der Waals surface area contributed by atoms with Crippen molar-refractivity contribution in [3.8, 4) is 23.0 Å². The number of ether oxygens (including phenoxy) is 2. The molecule has 4 aromatic carbocycles. The second-order valence-corrected chi connectivity index (χ2v) is 15.8. The highest BCUT2D eigenvalue weighted by molar-refractivity contribution is 5.82. The predicted molar refractivity (Wildman–Crippen MR) is 234 cm³/mol. The van der Waals surface area contributed by atoms with Gasteiger partial charge in [-0.1, -0.05) is 103 Å². The zero-order valence-corrected chi connectivity index (χ0v) is 35.0. The predicted octanol–water partition coefficient (Wildman–Crippen LogP) is 12.1. The lowest BCUT2D eigenvalue weighted by Crippen LogP contribution is -2.08. The quantitative estimate of drug-likeness (QED) is 0.0688. The minimum Gasteiger partial charge on any atom is -0.507 e. The first-order valence-electron chi connectivity index (χ1n) is 21.5. The van der Waals surface area contributed by atoms with E-state index in [-0.39, 0.29) is 12.1 Å². The molecule has 1 aliphatic carbocycles. The van der Waals surface area contributed by atoms with E-state index in [1.165, 1.54) is 38.5 Å². The Kier molecular flexibility index (Phi) is 16.5. The van der Waals surface area contributed by atoms with Crippen molar-refractivity contribution >= 4 is 12.4 Å². The lowest BCUT2D eigenvalue weighted by molar-refractivity contribution is 0.311. The Labute approximate surface area is 337 Å². The van der Waals surface area contributed by atoms with Crippen LogP contribution in [0, 0.1) is 0 Å². The maximum atomic E-state index is 12.0. The summed E-state index contributed by atoms with van der Waals surface area (Å²) in [6, 6.07) is 21.3. The second-order valence-electron chi connectivity index (χ2n) is 15.8. The Hall–Kier alpha value is -4.58. The largest absolute Gasteiger partial charge is 0.507 e. The Morgan fingerprint density at radius 1 is 0.518 bits per heavy atom. The van der Waals surface area contributed by atoms with Gasteiger partial charge in [0, 0.05) is 50.2 Å². The highest BCUT2D eigenvalue weighted by Crippen LogP contribution is 2.39. The molecule has 4 aromatic rings. The van der Waals surface area contributed by atoms with Crippen LogP contribution in [0.15, 0.2) is 70.6 Å². The molecule has 0 unspecified atom stereocenters. The minimum atomic E-state index is 0.221. The van der Waals surface area contributed by atoms with E-state index in [4.69, 9.17) is 19.5 Å². The molecule has 0 saturated carbocycles. The molecule has 0 radical (unpaired) electrons. The van der Waals surface area contributed by atoms with Crippen LogP contribution in [0.4, 0.5) is 0 Å². The summed E-state index contributed by atoms with van der Waals surface area (Å²) in [7, 11) is 0. The van der Waals surface area contributed by atoms with Crippen LogP contribution in [-0.2, 0) is 25.7 Å². The lowest BCUT2D eigenvalue weighted by atomic mass is 9.90. The van der Waals surface area contributed by atoms with Gasteiger partial charge in [0.2, 0.25) is 0 Å². The molecule has 6 nitrogen and oxygen atoms in total. The van der Waals surface area contributed by atoms with Crippen molar-refractivity contribution in [1.82, 2.24) is 0 Å². The third-order valence-corrected chi connectivity index (χ3v) is 10.8. The van der Waals surface area contributed by atoms with Gasteiger partial charge >= 0.3 is 0 Å². The van der Waals surface area contributed by atoms with E-state index in [0.717, 1.165) is 92.8 Å². The number of nitrogens with zero attached hydrogens (tertiary/aromatic N) is 2. The van der Waals surface area contributed by atoms with Crippen molar-refractivity contribution in [2.45, 2.75) is 144 Å². The Bertz CT molecular complexity index is 1700. The number of aromatic hydroxyl groups is 2. The van der Waals surface area contributed by atoms with Crippen LogP contribution in [0.5, 0.6) is 23.0 Å². The van der Waals surface area contributed by atoms with Crippen molar-refractivity contribution in [2.75, 3.05) is 13.2 Å². The average Bonchev–Trinajstić information content (AvgIpc) is 3.18. The molecule has 0 spiro atoms. The summed E-state index contributed by atoms with van der Waals surface area (Å²) in [5, 5.41) is 24.1. The van der Waals surface area contributed by atoms with E-state index in [1.807, 2.05) is 12.4 Å². The third kappa shape index (κ3) is 11.7. The highest BCUT2D eigenvalue weighted by atomic mass is 16.5. The number of phenols is 2. The number of hydrogen-bond acceptors (Lipinski definition) is 6. The summed E-state index contributed by atoms with van der Waals surface area (Å²) >= 11 is 0. The molecule has 1 aliphatic rings. The third-order valence-electron chi connectivity index (χ3n) is 10.8. The van der Waals surface area contributed by atoms with E-state index in [0.29, 0.717) is 50.4 Å².